The summed E-state index contributed by atoms with van der Waals surface area (Å²) in [7, 11) is 0. The van der Waals surface area contributed by atoms with Crippen molar-refractivity contribution < 1.29 is 9.53 Å². The van der Waals surface area contributed by atoms with Crippen molar-refractivity contribution in [3.05, 3.63) is 40.9 Å². The van der Waals surface area contributed by atoms with Gasteiger partial charge in [0.1, 0.15) is 11.9 Å². The number of carbonyl (C=O) groups excluding carboxylic acids is 1. The number of nitrogens with two attached hydrogens (primary N) is 1. The molecule has 2 rings (SSSR count). The van der Waals surface area contributed by atoms with Crippen molar-refractivity contribution in [2.45, 2.75) is 27.0 Å². The maximum absolute atomic E-state index is 12.1. The average Bonchev–Trinajstić information content (AvgIpc) is 2.82. The Kier molecular flexibility index (Phi) is 4.80. The summed E-state index contributed by atoms with van der Waals surface area (Å²) in [5, 5.41) is 4.37. The van der Waals surface area contributed by atoms with E-state index in [9.17, 15) is 4.79 Å². The fraction of sp³-hybridized carbons (Fsp3) is 0.357. The second kappa shape index (κ2) is 6.58. The summed E-state index contributed by atoms with van der Waals surface area (Å²) in [5.41, 5.74) is 6.21. The summed E-state index contributed by atoms with van der Waals surface area (Å²) in [6.07, 6.45) is 1.44. The number of hydrogen-bond acceptors (Lipinski definition) is 5. The number of ether oxygens (including phenoxy) is 1. The van der Waals surface area contributed by atoms with E-state index in [1.807, 2.05) is 0 Å². The van der Waals surface area contributed by atoms with Crippen LogP contribution in [-0.4, -0.2) is 20.7 Å². The summed E-state index contributed by atoms with van der Waals surface area (Å²) in [4.78, 5) is 16.2. The molecule has 0 unspecified atom stereocenters. The van der Waals surface area contributed by atoms with Crippen molar-refractivity contribution >= 4 is 23.3 Å². The lowest BCUT2D eigenvalue weighted by Crippen LogP contribution is -2.14. The van der Waals surface area contributed by atoms with E-state index in [1.54, 1.807) is 22.9 Å². The van der Waals surface area contributed by atoms with Crippen LogP contribution in [-0.2, 0) is 17.9 Å². The van der Waals surface area contributed by atoms with Crippen molar-refractivity contribution in [3.8, 4) is 0 Å². The molecule has 0 aliphatic heterocycles. The van der Waals surface area contributed by atoms with Gasteiger partial charge in [-0.05, 0) is 18.1 Å². The Labute approximate surface area is 127 Å². The maximum atomic E-state index is 12.1. The zero-order chi connectivity index (χ0) is 15.4. The summed E-state index contributed by atoms with van der Waals surface area (Å²) in [5.74, 6) is 0.431. The van der Waals surface area contributed by atoms with Crippen molar-refractivity contribution in [2.75, 3.05) is 5.73 Å². The van der Waals surface area contributed by atoms with Crippen LogP contribution in [0.4, 0.5) is 5.69 Å². The minimum absolute atomic E-state index is 0.0240. The third-order valence-electron chi connectivity index (χ3n) is 2.82. The third kappa shape index (κ3) is 3.72. The fourth-order valence-electron chi connectivity index (χ4n) is 1.86. The first-order valence-electron chi connectivity index (χ1n) is 6.56. The van der Waals surface area contributed by atoms with Crippen molar-refractivity contribution in [1.82, 2.24) is 14.8 Å². The molecule has 21 heavy (non-hydrogen) atoms. The van der Waals surface area contributed by atoms with Crippen LogP contribution in [0.5, 0.6) is 0 Å². The standard InChI is InChI=1S/C14H17ClN4O2/c1-9(2)6-19-12(17-8-18-19)7-21-14(20)13-10(15)4-3-5-11(13)16/h3-5,8-9H,6-7,16H2,1-2H3. The quantitative estimate of drug-likeness (QED) is 0.678. The molecule has 0 atom stereocenters. The normalized spacial score (nSPS) is 10.9. The molecule has 7 heteroatoms. The molecule has 1 aromatic carbocycles. The third-order valence-corrected chi connectivity index (χ3v) is 3.13. The number of halogens is 1. The van der Waals surface area contributed by atoms with Gasteiger partial charge in [0.2, 0.25) is 0 Å². The maximum Gasteiger partial charge on any atom is 0.342 e. The summed E-state index contributed by atoms with van der Waals surface area (Å²) < 4.78 is 6.95. The molecule has 0 fully saturated rings. The lowest BCUT2D eigenvalue weighted by Gasteiger charge is -2.10. The Morgan fingerprint density at radius 1 is 1.48 bits per heavy atom. The van der Waals surface area contributed by atoms with Crippen molar-refractivity contribution in [1.29, 1.82) is 0 Å². The number of nitrogens with zero attached hydrogens (tertiary/aromatic N) is 3. The minimum Gasteiger partial charge on any atom is -0.454 e. The highest BCUT2D eigenvalue weighted by Crippen LogP contribution is 2.23. The highest BCUT2D eigenvalue weighted by Gasteiger charge is 2.17. The number of hydrogen-bond donors (Lipinski definition) is 1. The van der Waals surface area contributed by atoms with E-state index in [-0.39, 0.29) is 22.9 Å². The number of nitrogen functional groups attached to an aromatic ring is 1. The first kappa shape index (κ1) is 15.3. The van der Waals surface area contributed by atoms with Gasteiger partial charge in [-0.15, -0.1) is 0 Å². The van der Waals surface area contributed by atoms with Crippen molar-refractivity contribution in [3.63, 3.8) is 0 Å². The lowest BCUT2D eigenvalue weighted by atomic mass is 10.2. The summed E-state index contributed by atoms with van der Waals surface area (Å²) >= 11 is 5.97. The van der Waals surface area contributed by atoms with E-state index < -0.39 is 5.97 Å². The molecule has 0 saturated heterocycles. The Balaban J connectivity index is 2.07. The molecule has 0 amide bonds. The molecule has 0 spiro atoms. The Bertz CT molecular complexity index is 619. The number of rotatable bonds is 5. The highest BCUT2D eigenvalue weighted by atomic mass is 35.5. The minimum atomic E-state index is -0.572. The van der Waals surface area contributed by atoms with Gasteiger partial charge in [0.15, 0.2) is 12.4 Å². The molecule has 0 radical (unpaired) electrons. The smallest absolute Gasteiger partial charge is 0.342 e. The van der Waals surface area contributed by atoms with Gasteiger partial charge < -0.3 is 10.5 Å². The van der Waals surface area contributed by atoms with Crippen LogP contribution >= 0.6 is 11.6 Å². The van der Waals surface area contributed by atoms with E-state index >= 15 is 0 Å². The average molecular weight is 309 g/mol. The Morgan fingerprint density at radius 2 is 2.24 bits per heavy atom. The number of carbonyl (C=O) groups is 1. The second-order valence-corrected chi connectivity index (χ2v) is 5.44. The molecule has 2 aromatic rings. The van der Waals surface area contributed by atoms with Crippen LogP contribution in [0.3, 0.4) is 0 Å². The number of anilines is 1. The van der Waals surface area contributed by atoms with Crippen LogP contribution in [0, 0.1) is 5.92 Å². The Morgan fingerprint density at radius 3 is 2.90 bits per heavy atom. The second-order valence-electron chi connectivity index (χ2n) is 5.03. The highest BCUT2D eigenvalue weighted by molar-refractivity contribution is 6.34. The number of esters is 1. The van der Waals surface area contributed by atoms with Crippen LogP contribution in [0.2, 0.25) is 5.02 Å². The molecule has 0 aliphatic rings. The topological polar surface area (TPSA) is 83.0 Å². The largest absolute Gasteiger partial charge is 0.454 e. The summed E-state index contributed by atoms with van der Waals surface area (Å²) in [6.45, 7) is 4.88. The number of aromatic nitrogens is 3. The van der Waals surface area contributed by atoms with Crippen LogP contribution < -0.4 is 5.73 Å². The first-order chi connectivity index (χ1) is 9.99. The van der Waals surface area contributed by atoms with Crippen molar-refractivity contribution in [2.24, 2.45) is 5.92 Å². The molecule has 1 aromatic heterocycles. The molecule has 6 nitrogen and oxygen atoms in total. The molecule has 112 valence electrons. The fourth-order valence-corrected chi connectivity index (χ4v) is 2.12. The van der Waals surface area contributed by atoms with Gasteiger partial charge in [-0.25, -0.2) is 14.5 Å². The predicted molar refractivity (Wildman–Crippen MR) is 79.8 cm³/mol. The molecular formula is C14H17ClN4O2. The Hall–Kier alpha value is -2.08. The van der Waals surface area contributed by atoms with Gasteiger partial charge in [-0.3, -0.25) is 0 Å². The zero-order valence-corrected chi connectivity index (χ0v) is 12.7. The van der Waals surface area contributed by atoms with Crippen LogP contribution in [0.25, 0.3) is 0 Å². The summed E-state index contributed by atoms with van der Waals surface area (Å²) in [6, 6.07) is 4.87. The predicted octanol–water partition coefficient (Wildman–Crippen LogP) is 2.53. The first-order valence-corrected chi connectivity index (χ1v) is 6.94. The molecule has 1 heterocycles. The molecule has 0 saturated carbocycles. The van der Waals surface area contributed by atoms with Gasteiger partial charge in [-0.1, -0.05) is 31.5 Å². The van der Waals surface area contributed by atoms with Crippen LogP contribution in [0.15, 0.2) is 24.5 Å². The number of benzene rings is 1. The molecule has 0 bridgehead atoms. The van der Waals surface area contributed by atoms with E-state index in [4.69, 9.17) is 22.1 Å². The molecular weight excluding hydrogens is 292 g/mol. The zero-order valence-electron chi connectivity index (χ0n) is 11.9. The SMILES string of the molecule is CC(C)Cn1ncnc1COC(=O)c1c(N)cccc1Cl. The monoisotopic (exact) mass is 308 g/mol. The van der Waals surface area contributed by atoms with E-state index in [2.05, 4.69) is 23.9 Å². The van der Waals surface area contributed by atoms with Gasteiger partial charge in [-0.2, -0.15) is 5.10 Å². The van der Waals surface area contributed by atoms with E-state index in [0.717, 1.165) is 0 Å². The molecule has 2 N–H and O–H groups in total. The van der Waals surface area contributed by atoms with E-state index in [1.165, 1.54) is 6.33 Å². The molecule has 0 aliphatic carbocycles. The lowest BCUT2D eigenvalue weighted by molar-refractivity contribution is 0.0457. The van der Waals surface area contributed by atoms with Gasteiger partial charge >= 0.3 is 5.97 Å². The van der Waals surface area contributed by atoms with Gasteiger partial charge in [0, 0.05) is 12.2 Å². The van der Waals surface area contributed by atoms with Crippen LogP contribution in [0.1, 0.15) is 30.0 Å². The van der Waals surface area contributed by atoms with Gasteiger partial charge in [0.05, 0.1) is 5.02 Å². The van der Waals surface area contributed by atoms with Gasteiger partial charge in [0.25, 0.3) is 0 Å². The van der Waals surface area contributed by atoms with E-state index in [0.29, 0.717) is 18.3 Å².